The Morgan fingerprint density at radius 3 is 2.57 bits per heavy atom. The Bertz CT molecular complexity index is 685. The standard InChI is InChI=1S/C16H20ClNO4S/c1-2-3-13-10-22-11-15(16(19)8-9-16)18(13)23(20,21)14-6-4-12(17)5-7-14/h2,4-7,13,15,19H,1,3,8-11H2/t13-,15-/m1/s1. The highest BCUT2D eigenvalue weighted by atomic mass is 35.5. The Morgan fingerprint density at radius 2 is 2.00 bits per heavy atom. The topological polar surface area (TPSA) is 66.8 Å². The van der Waals surface area contributed by atoms with E-state index in [1.165, 1.54) is 16.4 Å². The molecular formula is C16H20ClNO4S. The summed E-state index contributed by atoms with van der Waals surface area (Å²) in [5, 5.41) is 11.0. The van der Waals surface area contributed by atoms with Crippen LogP contribution in [0.15, 0.2) is 41.8 Å². The molecule has 1 aliphatic heterocycles. The van der Waals surface area contributed by atoms with Gasteiger partial charge >= 0.3 is 0 Å². The van der Waals surface area contributed by atoms with Gasteiger partial charge in [-0.15, -0.1) is 6.58 Å². The average Bonchev–Trinajstić information content (AvgIpc) is 3.27. The van der Waals surface area contributed by atoms with E-state index < -0.39 is 21.7 Å². The predicted molar refractivity (Wildman–Crippen MR) is 87.9 cm³/mol. The highest BCUT2D eigenvalue weighted by Gasteiger charge is 2.56. The van der Waals surface area contributed by atoms with Crippen molar-refractivity contribution in [3.8, 4) is 0 Å². The smallest absolute Gasteiger partial charge is 0.243 e. The Morgan fingerprint density at radius 1 is 1.35 bits per heavy atom. The Balaban J connectivity index is 2.01. The minimum absolute atomic E-state index is 0.173. The predicted octanol–water partition coefficient (Wildman–Crippen LogP) is 2.20. The second kappa shape index (κ2) is 6.18. The molecule has 126 valence electrons. The molecule has 0 bridgehead atoms. The lowest BCUT2D eigenvalue weighted by Crippen LogP contribution is -2.59. The van der Waals surface area contributed by atoms with Gasteiger partial charge < -0.3 is 9.84 Å². The molecule has 1 aliphatic carbocycles. The summed E-state index contributed by atoms with van der Waals surface area (Å²) < 4.78 is 33.3. The fourth-order valence-corrected chi connectivity index (χ4v) is 5.01. The maximum Gasteiger partial charge on any atom is 0.243 e. The van der Waals surface area contributed by atoms with Gasteiger partial charge in [-0.1, -0.05) is 17.7 Å². The number of aliphatic hydroxyl groups is 1. The van der Waals surface area contributed by atoms with E-state index in [4.69, 9.17) is 16.3 Å². The zero-order valence-corrected chi connectivity index (χ0v) is 14.3. The van der Waals surface area contributed by atoms with Gasteiger partial charge in [0.1, 0.15) is 0 Å². The summed E-state index contributed by atoms with van der Waals surface area (Å²) in [6.07, 6.45) is 3.33. The second-order valence-corrected chi connectivity index (χ2v) is 8.40. The van der Waals surface area contributed by atoms with Gasteiger partial charge in [-0.3, -0.25) is 0 Å². The van der Waals surface area contributed by atoms with Crippen LogP contribution in [-0.2, 0) is 14.8 Å². The fourth-order valence-electron chi connectivity index (χ4n) is 3.03. The lowest BCUT2D eigenvalue weighted by atomic mass is 10.1. The summed E-state index contributed by atoms with van der Waals surface area (Å²) in [6.45, 7) is 4.20. The van der Waals surface area contributed by atoms with Crippen LogP contribution in [0.3, 0.4) is 0 Å². The van der Waals surface area contributed by atoms with Gasteiger partial charge in [0.05, 0.1) is 35.8 Å². The van der Waals surface area contributed by atoms with Gasteiger partial charge in [-0.25, -0.2) is 8.42 Å². The van der Waals surface area contributed by atoms with Crippen LogP contribution in [0.25, 0.3) is 0 Å². The van der Waals surface area contributed by atoms with Crippen molar-refractivity contribution in [2.75, 3.05) is 13.2 Å². The van der Waals surface area contributed by atoms with E-state index in [1.807, 2.05) is 0 Å². The first-order valence-corrected chi connectivity index (χ1v) is 9.40. The third-order valence-electron chi connectivity index (χ3n) is 4.46. The maximum atomic E-state index is 13.2. The molecule has 2 aliphatic rings. The van der Waals surface area contributed by atoms with Crippen LogP contribution in [0.1, 0.15) is 19.3 Å². The molecular weight excluding hydrogens is 338 g/mol. The average molecular weight is 358 g/mol. The summed E-state index contributed by atoms with van der Waals surface area (Å²) in [5.74, 6) is 0. The van der Waals surface area contributed by atoms with Crippen molar-refractivity contribution in [1.29, 1.82) is 0 Å². The largest absolute Gasteiger partial charge is 0.388 e. The quantitative estimate of drug-likeness (QED) is 0.820. The number of hydrogen-bond acceptors (Lipinski definition) is 4. The zero-order chi connectivity index (χ0) is 16.7. The van der Waals surface area contributed by atoms with Crippen LogP contribution in [0.5, 0.6) is 0 Å². The molecule has 2 atom stereocenters. The molecule has 0 aromatic heterocycles. The normalized spacial score (nSPS) is 27.6. The van der Waals surface area contributed by atoms with Crippen molar-refractivity contribution in [2.24, 2.45) is 0 Å². The van der Waals surface area contributed by atoms with Crippen molar-refractivity contribution in [1.82, 2.24) is 4.31 Å². The number of halogens is 1. The van der Waals surface area contributed by atoms with Crippen molar-refractivity contribution in [2.45, 2.75) is 41.8 Å². The highest BCUT2D eigenvalue weighted by Crippen LogP contribution is 2.44. The van der Waals surface area contributed by atoms with E-state index in [2.05, 4.69) is 6.58 Å². The molecule has 1 saturated heterocycles. The molecule has 23 heavy (non-hydrogen) atoms. The first kappa shape index (κ1) is 16.9. The summed E-state index contributed by atoms with van der Waals surface area (Å²) in [6, 6.07) is 5.16. The minimum Gasteiger partial charge on any atom is -0.388 e. The van der Waals surface area contributed by atoms with Crippen LogP contribution in [-0.4, -0.2) is 48.7 Å². The van der Waals surface area contributed by atoms with Crippen molar-refractivity contribution in [3.05, 3.63) is 41.9 Å². The molecule has 1 aromatic rings. The monoisotopic (exact) mass is 357 g/mol. The van der Waals surface area contributed by atoms with Gasteiger partial charge in [0, 0.05) is 5.02 Å². The lowest BCUT2D eigenvalue weighted by molar-refractivity contribution is -0.0612. The number of ether oxygens (including phenoxy) is 1. The van der Waals surface area contributed by atoms with Gasteiger partial charge in [-0.2, -0.15) is 4.31 Å². The van der Waals surface area contributed by atoms with Crippen LogP contribution in [0, 0.1) is 0 Å². The first-order chi connectivity index (χ1) is 10.9. The van der Waals surface area contributed by atoms with Crippen molar-refractivity contribution < 1.29 is 18.3 Å². The van der Waals surface area contributed by atoms with Crippen LogP contribution < -0.4 is 0 Å². The molecule has 1 aromatic carbocycles. The molecule has 2 fully saturated rings. The van der Waals surface area contributed by atoms with E-state index in [1.54, 1.807) is 18.2 Å². The molecule has 0 unspecified atom stereocenters. The van der Waals surface area contributed by atoms with Crippen molar-refractivity contribution >= 4 is 21.6 Å². The summed E-state index contributed by atoms with van der Waals surface area (Å²) in [5.41, 5.74) is -0.987. The summed E-state index contributed by atoms with van der Waals surface area (Å²) in [7, 11) is -3.76. The number of rotatable bonds is 5. The Hall–Kier alpha value is -0.920. The number of morpholine rings is 1. The number of hydrogen-bond donors (Lipinski definition) is 1. The van der Waals surface area contributed by atoms with Gasteiger partial charge in [0.2, 0.25) is 10.0 Å². The summed E-state index contributed by atoms with van der Waals surface area (Å²) in [4.78, 5) is 0.173. The van der Waals surface area contributed by atoms with E-state index in [0.717, 1.165) is 0 Å². The minimum atomic E-state index is -3.76. The van der Waals surface area contributed by atoms with E-state index in [0.29, 0.717) is 30.9 Å². The highest BCUT2D eigenvalue weighted by molar-refractivity contribution is 7.89. The molecule has 0 radical (unpaired) electrons. The third-order valence-corrected chi connectivity index (χ3v) is 6.69. The number of benzene rings is 1. The lowest BCUT2D eigenvalue weighted by Gasteiger charge is -2.42. The van der Waals surface area contributed by atoms with Gasteiger partial charge in [0.25, 0.3) is 0 Å². The molecule has 5 nitrogen and oxygen atoms in total. The van der Waals surface area contributed by atoms with Crippen LogP contribution >= 0.6 is 11.6 Å². The first-order valence-electron chi connectivity index (χ1n) is 7.58. The molecule has 1 N–H and O–H groups in total. The number of nitrogens with zero attached hydrogens (tertiary/aromatic N) is 1. The molecule has 1 heterocycles. The van der Waals surface area contributed by atoms with E-state index in [9.17, 15) is 13.5 Å². The molecule has 1 saturated carbocycles. The van der Waals surface area contributed by atoms with Crippen molar-refractivity contribution in [3.63, 3.8) is 0 Å². The molecule has 7 heteroatoms. The number of sulfonamides is 1. The Kier molecular flexibility index (Phi) is 4.55. The molecule has 3 rings (SSSR count). The van der Waals surface area contributed by atoms with Crippen LogP contribution in [0.2, 0.25) is 5.02 Å². The SMILES string of the molecule is C=CC[C@@H]1COC[C@H](C2(O)CC2)N1S(=O)(=O)c1ccc(Cl)cc1. The fraction of sp³-hybridized carbons (Fsp3) is 0.500. The second-order valence-electron chi connectivity index (χ2n) is 6.12. The molecule has 0 amide bonds. The summed E-state index contributed by atoms with van der Waals surface area (Å²) >= 11 is 5.86. The van der Waals surface area contributed by atoms with E-state index in [-0.39, 0.29) is 17.5 Å². The van der Waals surface area contributed by atoms with E-state index >= 15 is 0 Å². The van der Waals surface area contributed by atoms with Gasteiger partial charge in [-0.05, 0) is 43.5 Å². The zero-order valence-electron chi connectivity index (χ0n) is 12.7. The Labute approximate surface area is 141 Å². The molecule has 0 spiro atoms. The van der Waals surface area contributed by atoms with Crippen LogP contribution in [0.4, 0.5) is 0 Å². The third kappa shape index (κ3) is 3.19. The van der Waals surface area contributed by atoms with Gasteiger partial charge in [0.15, 0.2) is 0 Å². The maximum absolute atomic E-state index is 13.2.